The van der Waals surface area contributed by atoms with Crippen molar-refractivity contribution in [1.82, 2.24) is 20.1 Å². The molecule has 2 amide bonds. The van der Waals surface area contributed by atoms with E-state index in [9.17, 15) is 14.4 Å². The van der Waals surface area contributed by atoms with E-state index in [0.717, 1.165) is 45.3 Å². The Morgan fingerprint density at radius 1 is 0.867 bits per heavy atom. The van der Waals surface area contributed by atoms with Crippen LogP contribution in [0.15, 0.2) is 17.2 Å². The first-order chi connectivity index (χ1) is 14.6. The summed E-state index contributed by atoms with van der Waals surface area (Å²) in [5.41, 5.74) is -0.301. The first kappa shape index (κ1) is 21.1. The molecule has 3 aliphatic rings. The number of rotatable bonds is 8. The van der Waals surface area contributed by atoms with E-state index in [1.54, 1.807) is 12.4 Å². The number of amides is 2. The lowest BCUT2D eigenvalue weighted by molar-refractivity contribution is 0.0941. The van der Waals surface area contributed by atoms with Gasteiger partial charge in [0, 0.05) is 38.1 Å². The molecular weight excluding hydrogens is 380 g/mol. The Morgan fingerprint density at radius 2 is 1.50 bits per heavy atom. The number of carbonyl (C=O) groups is 2. The SMILES string of the molecule is O=C(NCCN1CCCC1)c1cn(C2CC2)cc(C(=O)NCC2CCCCC2)c1=O. The summed E-state index contributed by atoms with van der Waals surface area (Å²) in [5.74, 6) is -0.243. The van der Waals surface area contributed by atoms with E-state index in [1.165, 1.54) is 32.1 Å². The summed E-state index contributed by atoms with van der Waals surface area (Å²) in [5, 5.41) is 5.83. The van der Waals surface area contributed by atoms with E-state index >= 15 is 0 Å². The first-order valence-electron chi connectivity index (χ1n) is 11.7. The molecule has 1 aromatic rings. The van der Waals surface area contributed by atoms with Gasteiger partial charge in [0.1, 0.15) is 11.1 Å². The van der Waals surface area contributed by atoms with Gasteiger partial charge in [0.15, 0.2) is 0 Å². The maximum atomic E-state index is 13.0. The van der Waals surface area contributed by atoms with Crippen molar-refractivity contribution in [3.63, 3.8) is 0 Å². The number of aromatic nitrogens is 1. The van der Waals surface area contributed by atoms with Crippen LogP contribution < -0.4 is 16.1 Å². The molecule has 7 nitrogen and oxygen atoms in total. The first-order valence-corrected chi connectivity index (χ1v) is 11.7. The van der Waals surface area contributed by atoms with Gasteiger partial charge < -0.3 is 20.1 Å². The van der Waals surface area contributed by atoms with Crippen molar-refractivity contribution >= 4 is 11.8 Å². The third-order valence-corrected chi connectivity index (χ3v) is 6.69. The molecule has 2 N–H and O–H groups in total. The Hall–Kier alpha value is -2.15. The molecule has 0 radical (unpaired) electrons. The number of nitrogens with zero attached hydrogens (tertiary/aromatic N) is 2. The van der Waals surface area contributed by atoms with Gasteiger partial charge in [-0.2, -0.15) is 0 Å². The minimum atomic E-state index is -0.466. The number of nitrogens with one attached hydrogen (secondary N) is 2. The molecule has 4 rings (SSSR count). The van der Waals surface area contributed by atoms with Crippen molar-refractivity contribution in [3.05, 3.63) is 33.7 Å². The monoisotopic (exact) mass is 414 g/mol. The fourth-order valence-electron chi connectivity index (χ4n) is 4.66. The fourth-order valence-corrected chi connectivity index (χ4v) is 4.66. The van der Waals surface area contributed by atoms with E-state index in [-0.39, 0.29) is 29.0 Å². The quantitative estimate of drug-likeness (QED) is 0.684. The molecule has 0 atom stereocenters. The van der Waals surface area contributed by atoms with Crippen LogP contribution >= 0.6 is 0 Å². The highest BCUT2D eigenvalue weighted by Crippen LogP contribution is 2.34. The predicted molar refractivity (Wildman–Crippen MR) is 116 cm³/mol. The van der Waals surface area contributed by atoms with Gasteiger partial charge in [-0.25, -0.2) is 0 Å². The summed E-state index contributed by atoms with van der Waals surface area (Å²) in [6.45, 7) is 4.06. The number of hydrogen-bond donors (Lipinski definition) is 2. The summed E-state index contributed by atoms with van der Waals surface area (Å²) in [6, 6.07) is 0.284. The van der Waals surface area contributed by atoms with Crippen LogP contribution in [0.25, 0.3) is 0 Å². The van der Waals surface area contributed by atoms with Gasteiger partial charge in [0.25, 0.3) is 11.8 Å². The van der Waals surface area contributed by atoms with Crippen molar-refractivity contribution in [3.8, 4) is 0 Å². The van der Waals surface area contributed by atoms with E-state index in [2.05, 4.69) is 15.5 Å². The summed E-state index contributed by atoms with van der Waals surface area (Å²) in [4.78, 5) is 40.8. The molecule has 1 aromatic heterocycles. The highest BCUT2D eigenvalue weighted by Gasteiger charge is 2.27. The molecule has 2 saturated carbocycles. The maximum Gasteiger partial charge on any atom is 0.256 e. The number of pyridine rings is 1. The smallest absolute Gasteiger partial charge is 0.256 e. The molecule has 2 aliphatic carbocycles. The molecule has 1 saturated heterocycles. The molecule has 30 heavy (non-hydrogen) atoms. The van der Waals surface area contributed by atoms with Crippen LogP contribution in [0.5, 0.6) is 0 Å². The van der Waals surface area contributed by atoms with Crippen LogP contribution in [0.1, 0.15) is 84.5 Å². The molecule has 3 fully saturated rings. The lowest BCUT2D eigenvalue weighted by Crippen LogP contribution is -2.39. The zero-order chi connectivity index (χ0) is 20.9. The van der Waals surface area contributed by atoms with Crippen LogP contribution in [-0.2, 0) is 0 Å². The van der Waals surface area contributed by atoms with E-state index < -0.39 is 5.43 Å². The van der Waals surface area contributed by atoms with Crippen molar-refractivity contribution in [2.45, 2.75) is 63.8 Å². The van der Waals surface area contributed by atoms with E-state index in [4.69, 9.17) is 0 Å². The van der Waals surface area contributed by atoms with E-state index in [0.29, 0.717) is 19.0 Å². The maximum absolute atomic E-state index is 13.0. The van der Waals surface area contributed by atoms with Gasteiger partial charge in [-0.1, -0.05) is 19.3 Å². The average Bonchev–Trinajstić information content (AvgIpc) is 3.49. The second-order valence-corrected chi connectivity index (χ2v) is 9.11. The summed E-state index contributed by atoms with van der Waals surface area (Å²) >= 11 is 0. The molecule has 2 heterocycles. The molecule has 0 unspecified atom stereocenters. The predicted octanol–water partition coefficient (Wildman–Crippen LogP) is 2.32. The number of likely N-dealkylation sites (tertiary alicyclic amines) is 1. The Balaban J connectivity index is 1.43. The Morgan fingerprint density at radius 3 is 2.13 bits per heavy atom. The topological polar surface area (TPSA) is 83.4 Å². The summed E-state index contributed by atoms with van der Waals surface area (Å²) in [6.07, 6.45) is 13.7. The van der Waals surface area contributed by atoms with Gasteiger partial charge in [-0.05, 0) is 57.5 Å². The average molecular weight is 415 g/mol. The van der Waals surface area contributed by atoms with Crippen molar-refractivity contribution in [2.24, 2.45) is 5.92 Å². The largest absolute Gasteiger partial charge is 0.352 e. The minimum Gasteiger partial charge on any atom is -0.352 e. The lowest BCUT2D eigenvalue weighted by atomic mass is 9.89. The normalized spacial score (nSPS) is 20.3. The standard InChI is InChI=1S/C23H34N4O3/c28-21-19(22(29)24-10-13-26-11-4-5-12-26)15-27(18-8-9-18)16-20(21)23(30)25-14-17-6-2-1-3-7-17/h15-18H,1-14H2,(H,24,29)(H,25,30). The third-order valence-electron chi connectivity index (χ3n) is 6.69. The van der Waals surface area contributed by atoms with Crippen molar-refractivity contribution in [2.75, 3.05) is 32.7 Å². The van der Waals surface area contributed by atoms with Crippen LogP contribution in [0.3, 0.4) is 0 Å². The highest BCUT2D eigenvalue weighted by atomic mass is 16.2. The minimum absolute atomic E-state index is 0.0774. The van der Waals surface area contributed by atoms with E-state index in [1.807, 2.05) is 4.57 Å². The molecule has 0 aromatic carbocycles. The second kappa shape index (κ2) is 9.77. The molecule has 1 aliphatic heterocycles. The molecule has 0 spiro atoms. The molecule has 164 valence electrons. The lowest BCUT2D eigenvalue weighted by Gasteiger charge is -2.21. The van der Waals surface area contributed by atoms with Gasteiger partial charge in [0.05, 0.1) is 0 Å². The van der Waals surface area contributed by atoms with Crippen molar-refractivity contribution in [1.29, 1.82) is 0 Å². The molecule has 7 heteroatoms. The van der Waals surface area contributed by atoms with Gasteiger partial charge in [-0.15, -0.1) is 0 Å². The molecular formula is C23H34N4O3. The number of hydrogen-bond acceptors (Lipinski definition) is 4. The van der Waals surface area contributed by atoms with Gasteiger partial charge in [-0.3, -0.25) is 14.4 Å². The van der Waals surface area contributed by atoms with Crippen molar-refractivity contribution < 1.29 is 9.59 Å². The zero-order valence-electron chi connectivity index (χ0n) is 17.8. The third kappa shape index (κ3) is 5.31. The van der Waals surface area contributed by atoms with Crippen LogP contribution in [-0.4, -0.2) is 54.0 Å². The van der Waals surface area contributed by atoms with Gasteiger partial charge >= 0.3 is 0 Å². The van der Waals surface area contributed by atoms with Crippen LogP contribution in [0.2, 0.25) is 0 Å². The Kier molecular flexibility index (Phi) is 6.87. The summed E-state index contributed by atoms with van der Waals surface area (Å²) in [7, 11) is 0. The summed E-state index contributed by atoms with van der Waals surface area (Å²) < 4.78 is 1.88. The van der Waals surface area contributed by atoms with Crippen LogP contribution in [0.4, 0.5) is 0 Å². The highest BCUT2D eigenvalue weighted by molar-refractivity contribution is 5.99. The Labute approximate surface area is 178 Å². The fraction of sp³-hybridized carbons (Fsp3) is 0.696. The number of carbonyl (C=O) groups excluding carboxylic acids is 2. The Bertz CT molecular complexity index is 818. The zero-order valence-corrected chi connectivity index (χ0v) is 17.8. The molecule has 0 bridgehead atoms. The van der Waals surface area contributed by atoms with Crippen LogP contribution in [0, 0.1) is 5.92 Å². The second-order valence-electron chi connectivity index (χ2n) is 9.11. The van der Waals surface area contributed by atoms with Gasteiger partial charge in [0.2, 0.25) is 5.43 Å².